The number of thioether (sulfide) groups is 1. The van der Waals surface area contributed by atoms with Gasteiger partial charge in [-0.2, -0.15) is 0 Å². The molecule has 4 nitrogen and oxygen atoms in total. The minimum atomic E-state index is -1.26. The normalized spacial score (nSPS) is 10.6. The van der Waals surface area contributed by atoms with Gasteiger partial charge in [0.1, 0.15) is 10.8 Å². The van der Waals surface area contributed by atoms with Crippen molar-refractivity contribution < 1.29 is 14.3 Å². The minimum absolute atomic E-state index is 0.304. The van der Waals surface area contributed by atoms with Gasteiger partial charge in [-0.15, -0.1) is 10.2 Å². The number of hydrogen-bond donors (Lipinski definition) is 1. The monoisotopic (exact) mass is 284 g/mol. The first-order valence-electron chi connectivity index (χ1n) is 5.01. The van der Waals surface area contributed by atoms with E-state index in [0.717, 1.165) is 14.9 Å². The lowest BCUT2D eigenvalue weighted by molar-refractivity contribution is 0.0692. The largest absolute Gasteiger partial charge is 0.478 e. The minimum Gasteiger partial charge on any atom is -0.478 e. The van der Waals surface area contributed by atoms with Crippen LogP contribution in [0.1, 0.15) is 20.9 Å². The molecule has 1 aromatic carbocycles. The van der Waals surface area contributed by atoms with Crippen LogP contribution in [0.4, 0.5) is 4.39 Å². The first kappa shape index (κ1) is 13.0. The molecule has 0 spiro atoms. The summed E-state index contributed by atoms with van der Waals surface area (Å²) in [6, 6.07) is 4.09. The number of benzene rings is 1. The van der Waals surface area contributed by atoms with E-state index < -0.39 is 11.8 Å². The zero-order chi connectivity index (χ0) is 13.1. The lowest BCUT2D eigenvalue weighted by Crippen LogP contribution is -2.01. The molecule has 2 rings (SSSR count). The summed E-state index contributed by atoms with van der Waals surface area (Å²) in [4.78, 5) is 10.8. The van der Waals surface area contributed by atoms with Crippen LogP contribution in [0.3, 0.4) is 0 Å². The van der Waals surface area contributed by atoms with Crippen molar-refractivity contribution in [2.75, 3.05) is 0 Å². The van der Waals surface area contributed by atoms with Crippen LogP contribution in [0.5, 0.6) is 0 Å². The first-order valence-corrected chi connectivity index (χ1v) is 6.81. The predicted octanol–water partition coefficient (Wildman–Crippen LogP) is 2.98. The summed E-state index contributed by atoms with van der Waals surface area (Å²) >= 11 is 2.92. The van der Waals surface area contributed by atoms with E-state index in [2.05, 4.69) is 10.2 Å². The van der Waals surface area contributed by atoms with Gasteiger partial charge in [0.05, 0.1) is 5.56 Å². The van der Waals surface area contributed by atoms with Gasteiger partial charge in [-0.3, -0.25) is 0 Å². The zero-order valence-electron chi connectivity index (χ0n) is 9.38. The van der Waals surface area contributed by atoms with E-state index in [9.17, 15) is 9.18 Å². The van der Waals surface area contributed by atoms with Gasteiger partial charge in [-0.25, -0.2) is 9.18 Å². The van der Waals surface area contributed by atoms with Crippen LogP contribution in [0.2, 0.25) is 0 Å². The highest BCUT2D eigenvalue weighted by molar-refractivity contribution is 8.00. The molecule has 7 heteroatoms. The van der Waals surface area contributed by atoms with Gasteiger partial charge < -0.3 is 5.11 Å². The van der Waals surface area contributed by atoms with E-state index in [1.54, 1.807) is 6.07 Å². The van der Waals surface area contributed by atoms with E-state index >= 15 is 0 Å². The Bertz CT molecular complexity index is 586. The fourth-order valence-electron chi connectivity index (χ4n) is 1.31. The molecule has 1 heterocycles. The van der Waals surface area contributed by atoms with Crippen molar-refractivity contribution in [3.05, 3.63) is 40.2 Å². The summed E-state index contributed by atoms with van der Waals surface area (Å²) in [5.41, 5.74) is 0.438. The number of aryl methyl sites for hydroxylation is 1. The number of nitrogens with zero attached hydrogens (tertiary/aromatic N) is 2. The molecule has 1 N–H and O–H groups in total. The smallest absolute Gasteiger partial charge is 0.338 e. The molecule has 94 valence electrons. The molecule has 1 aromatic heterocycles. The van der Waals surface area contributed by atoms with Crippen molar-refractivity contribution in [3.63, 3.8) is 0 Å². The van der Waals surface area contributed by atoms with Crippen LogP contribution in [0.25, 0.3) is 0 Å². The lowest BCUT2D eigenvalue weighted by atomic mass is 10.1. The molecule has 18 heavy (non-hydrogen) atoms. The number of carboxylic acids is 1. The Morgan fingerprint density at radius 3 is 2.89 bits per heavy atom. The molecule has 0 bridgehead atoms. The maximum Gasteiger partial charge on any atom is 0.338 e. The highest BCUT2D eigenvalue weighted by Crippen LogP contribution is 2.26. The molecule has 0 radical (unpaired) electrons. The van der Waals surface area contributed by atoms with Crippen LogP contribution in [0.15, 0.2) is 22.5 Å². The molecule has 0 aliphatic rings. The van der Waals surface area contributed by atoms with Crippen molar-refractivity contribution >= 4 is 29.1 Å². The number of carbonyl (C=O) groups is 1. The SMILES string of the molecule is Cc1nnc(SCc2ccc(F)c(C(=O)O)c2)s1. The van der Waals surface area contributed by atoms with Crippen molar-refractivity contribution in [1.29, 1.82) is 0 Å². The molecule has 0 aliphatic carbocycles. The second-order valence-corrected chi connectivity index (χ2v) is 5.90. The highest BCUT2D eigenvalue weighted by Gasteiger charge is 2.11. The third kappa shape index (κ3) is 3.05. The number of hydrogen-bond acceptors (Lipinski definition) is 5. The fraction of sp³-hybridized carbons (Fsp3) is 0.182. The van der Waals surface area contributed by atoms with Crippen LogP contribution >= 0.6 is 23.1 Å². The maximum absolute atomic E-state index is 13.2. The summed E-state index contributed by atoms with van der Waals surface area (Å²) in [6.07, 6.45) is 0. The molecule has 0 amide bonds. The Kier molecular flexibility index (Phi) is 3.93. The number of halogens is 1. The van der Waals surface area contributed by atoms with E-state index in [1.807, 2.05) is 6.92 Å². The maximum atomic E-state index is 13.2. The van der Waals surface area contributed by atoms with Crippen molar-refractivity contribution in [2.24, 2.45) is 0 Å². The summed E-state index contributed by atoms with van der Waals surface area (Å²) in [6.45, 7) is 1.86. The number of rotatable bonds is 4. The molecule has 0 saturated heterocycles. The van der Waals surface area contributed by atoms with Crippen molar-refractivity contribution in [3.8, 4) is 0 Å². The van der Waals surface area contributed by atoms with Crippen LogP contribution in [0, 0.1) is 12.7 Å². The summed E-state index contributed by atoms with van der Waals surface area (Å²) < 4.78 is 14.0. The van der Waals surface area contributed by atoms with Gasteiger partial charge in [-0.1, -0.05) is 29.2 Å². The zero-order valence-corrected chi connectivity index (χ0v) is 11.0. The van der Waals surface area contributed by atoms with E-state index in [4.69, 9.17) is 5.11 Å². The van der Waals surface area contributed by atoms with Gasteiger partial charge in [0.15, 0.2) is 4.34 Å². The van der Waals surface area contributed by atoms with Crippen LogP contribution in [-0.4, -0.2) is 21.3 Å². The third-order valence-electron chi connectivity index (χ3n) is 2.13. The molecule has 0 atom stereocenters. The Labute approximate surface area is 111 Å². The molecule has 0 unspecified atom stereocenters. The molecule has 2 aromatic rings. The second-order valence-electron chi connectivity index (χ2n) is 3.50. The van der Waals surface area contributed by atoms with E-state index in [0.29, 0.717) is 5.75 Å². The average Bonchev–Trinajstić information content (AvgIpc) is 2.74. The topological polar surface area (TPSA) is 63.1 Å². The van der Waals surface area contributed by atoms with Gasteiger partial charge in [0, 0.05) is 5.75 Å². The molecule has 0 fully saturated rings. The van der Waals surface area contributed by atoms with Crippen molar-refractivity contribution in [2.45, 2.75) is 17.0 Å². The van der Waals surface area contributed by atoms with Gasteiger partial charge in [0.25, 0.3) is 0 Å². The van der Waals surface area contributed by atoms with E-state index in [-0.39, 0.29) is 5.56 Å². The fourth-order valence-corrected chi connectivity index (χ4v) is 3.07. The first-order chi connectivity index (χ1) is 8.56. The quantitative estimate of drug-likeness (QED) is 0.874. The standard InChI is InChI=1S/C11H9FN2O2S2/c1-6-13-14-11(18-6)17-5-7-2-3-9(12)8(4-7)10(15)16/h2-4H,5H2,1H3,(H,15,16). The van der Waals surface area contributed by atoms with E-state index in [1.165, 1.54) is 35.2 Å². The summed E-state index contributed by atoms with van der Waals surface area (Å²) in [5, 5.41) is 17.5. The Morgan fingerprint density at radius 2 is 2.28 bits per heavy atom. The van der Waals surface area contributed by atoms with Crippen molar-refractivity contribution in [1.82, 2.24) is 10.2 Å². The highest BCUT2D eigenvalue weighted by atomic mass is 32.2. The van der Waals surface area contributed by atoms with Crippen LogP contribution in [-0.2, 0) is 5.75 Å². The Hall–Kier alpha value is -1.47. The van der Waals surface area contributed by atoms with Crippen LogP contribution < -0.4 is 0 Å². The predicted molar refractivity (Wildman–Crippen MR) is 67.6 cm³/mol. The second kappa shape index (κ2) is 5.45. The average molecular weight is 284 g/mol. The molecule has 0 aliphatic heterocycles. The number of aromatic nitrogens is 2. The molecular formula is C11H9FN2O2S2. The molecule has 0 saturated carbocycles. The van der Waals surface area contributed by atoms with Gasteiger partial charge in [0.2, 0.25) is 0 Å². The lowest BCUT2D eigenvalue weighted by Gasteiger charge is -2.02. The molecular weight excluding hydrogens is 275 g/mol. The summed E-state index contributed by atoms with van der Waals surface area (Å²) in [7, 11) is 0. The number of carboxylic acid groups (broad SMARTS) is 1. The van der Waals surface area contributed by atoms with Gasteiger partial charge in [-0.05, 0) is 24.6 Å². The Balaban J connectivity index is 2.10. The van der Waals surface area contributed by atoms with Gasteiger partial charge >= 0.3 is 5.97 Å². The Morgan fingerprint density at radius 1 is 1.50 bits per heavy atom. The number of aromatic carboxylic acids is 1. The third-order valence-corrected chi connectivity index (χ3v) is 4.17. The summed E-state index contributed by atoms with van der Waals surface area (Å²) in [5.74, 6) is -1.44.